The van der Waals surface area contributed by atoms with Gasteiger partial charge in [0.2, 0.25) is 0 Å². The normalized spacial score (nSPS) is 18.4. The van der Waals surface area contributed by atoms with Gasteiger partial charge in [0.1, 0.15) is 6.61 Å². The number of unbranched alkanes of at least 4 members (excludes halogenated alkanes) is 1. The monoisotopic (exact) mass is 297 g/mol. The Morgan fingerprint density at radius 1 is 1.37 bits per heavy atom. The average molecular weight is 297 g/mol. The minimum absolute atomic E-state index is 0.0923. The minimum Gasteiger partial charge on any atom is -0.461 e. The van der Waals surface area contributed by atoms with Crippen molar-refractivity contribution in [3.8, 4) is 0 Å². The summed E-state index contributed by atoms with van der Waals surface area (Å²) in [5.41, 5.74) is 0.989. The Morgan fingerprint density at radius 2 is 2.21 bits per heavy atom. The van der Waals surface area contributed by atoms with Crippen LogP contribution in [0, 0.1) is 0 Å². The Hall–Kier alpha value is -0.680. The standard InChI is InChI=1S/C14H19NO2S2/c16-14(17-11-12-5-8-15-9-6-12)4-2-1-3-13-7-10-18-19-13/h5-6,8-9,13H,1-4,7,10-11H2. The third-order valence-corrected chi connectivity index (χ3v) is 6.04. The Bertz CT molecular complexity index is 380. The summed E-state index contributed by atoms with van der Waals surface area (Å²) < 4.78 is 5.22. The van der Waals surface area contributed by atoms with E-state index >= 15 is 0 Å². The Morgan fingerprint density at radius 3 is 2.95 bits per heavy atom. The first-order valence-corrected chi connectivity index (χ1v) is 9.05. The zero-order valence-electron chi connectivity index (χ0n) is 10.9. The van der Waals surface area contributed by atoms with Gasteiger partial charge in [-0.2, -0.15) is 0 Å². The van der Waals surface area contributed by atoms with Crippen LogP contribution in [0.25, 0.3) is 0 Å². The van der Waals surface area contributed by atoms with Crippen molar-refractivity contribution in [2.75, 3.05) is 5.75 Å². The van der Waals surface area contributed by atoms with Crippen LogP contribution in [0.4, 0.5) is 0 Å². The number of esters is 1. The van der Waals surface area contributed by atoms with E-state index in [0.29, 0.717) is 13.0 Å². The average Bonchev–Trinajstić information content (AvgIpc) is 2.96. The Kier molecular flexibility index (Phi) is 6.57. The number of nitrogens with zero attached hydrogens (tertiary/aromatic N) is 1. The van der Waals surface area contributed by atoms with Gasteiger partial charge < -0.3 is 4.74 Å². The lowest BCUT2D eigenvalue weighted by Crippen LogP contribution is -2.05. The van der Waals surface area contributed by atoms with Gasteiger partial charge in [-0.3, -0.25) is 9.78 Å². The predicted molar refractivity (Wildman–Crippen MR) is 81.0 cm³/mol. The molecular formula is C14H19NO2S2. The number of rotatable bonds is 7. The highest BCUT2D eigenvalue weighted by Crippen LogP contribution is 2.39. The van der Waals surface area contributed by atoms with E-state index in [0.717, 1.165) is 23.7 Å². The molecule has 0 aromatic carbocycles. The second-order valence-electron chi connectivity index (χ2n) is 4.59. The largest absolute Gasteiger partial charge is 0.461 e. The van der Waals surface area contributed by atoms with Crippen LogP contribution in [-0.2, 0) is 16.1 Å². The lowest BCUT2D eigenvalue weighted by molar-refractivity contribution is -0.145. The second kappa shape index (κ2) is 8.48. The molecule has 0 saturated carbocycles. The second-order valence-corrected chi connectivity index (χ2v) is 7.38. The van der Waals surface area contributed by atoms with Gasteiger partial charge in [0, 0.05) is 29.8 Å². The molecule has 104 valence electrons. The predicted octanol–water partition coefficient (Wildman–Crippen LogP) is 3.84. The first-order chi connectivity index (χ1) is 9.34. The van der Waals surface area contributed by atoms with Crippen molar-refractivity contribution in [2.45, 2.75) is 44.0 Å². The first-order valence-electron chi connectivity index (χ1n) is 6.67. The molecule has 0 bridgehead atoms. The van der Waals surface area contributed by atoms with E-state index in [-0.39, 0.29) is 5.97 Å². The van der Waals surface area contributed by atoms with Crippen LogP contribution in [-0.4, -0.2) is 22.0 Å². The zero-order valence-corrected chi connectivity index (χ0v) is 12.5. The number of aromatic nitrogens is 1. The lowest BCUT2D eigenvalue weighted by Gasteiger charge is -2.07. The third kappa shape index (κ3) is 5.87. The van der Waals surface area contributed by atoms with Crippen LogP contribution in [0.2, 0.25) is 0 Å². The molecule has 1 aliphatic rings. The Balaban J connectivity index is 1.52. The van der Waals surface area contributed by atoms with Crippen LogP contribution < -0.4 is 0 Å². The molecule has 0 aliphatic carbocycles. The molecule has 1 aliphatic heterocycles. The van der Waals surface area contributed by atoms with E-state index in [1.165, 1.54) is 18.6 Å². The van der Waals surface area contributed by atoms with Gasteiger partial charge >= 0.3 is 5.97 Å². The maximum Gasteiger partial charge on any atom is 0.306 e. The molecule has 2 heterocycles. The van der Waals surface area contributed by atoms with Gasteiger partial charge in [0.25, 0.3) is 0 Å². The fourth-order valence-corrected chi connectivity index (χ4v) is 4.95. The topological polar surface area (TPSA) is 39.2 Å². The highest BCUT2D eigenvalue weighted by molar-refractivity contribution is 8.77. The fraction of sp³-hybridized carbons (Fsp3) is 0.571. The van der Waals surface area contributed by atoms with Crippen molar-refractivity contribution >= 4 is 27.6 Å². The molecule has 1 aromatic rings. The van der Waals surface area contributed by atoms with Gasteiger partial charge in [-0.05, 0) is 37.0 Å². The maximum atomic E-state index is 11.6. The summed E-state index contributed by atoms with van der Waals surface area (Å²) in [4.78, 5) is 15.5. The molecule has 1 atom stereocenters. The van der Waals surface area contributed by atoms with Crippen LogP contribution >= 0.6 is 21.6 Å². The molecule has 1 saturated heterocycles. The van der Waals surface area contributed by atoms with Crippen LogP contribution in [0.15, 0.2) is 24.5 Å². The molecule has 19 heavy (non-hydrogen) atoms. The molecule has 1 unspecified atom stereocenters. The van der Waals surface area contributed by atoms with Crippen LogP contribution in [0.5, 0.6) is 0 Å². The molecule has 0 radical (unpaired) electrons. The van der Waals surface area contributed by atoms with E-state index in [2.05, 4.69) is 4.98 Å². The number of hydrogen-bond donors (Lipinski definition) is 0. The van der Waals surface area contributed by atoms with Crippen molar-refractivity contribution in [3.05, 3.63) is 30.1 Å². The van der Waals surface area contributed by atoms with E-state index in [4.69, 9.17) is 4.74 Å². The number of hydrogen-bond acceptors (Lipinski definition) is 5. The quantitative estimate of drug-likeness (QED) is 0.434. The molecule has 1 fully saturated rings. The SMILES string of the molecule is O=C(CCCCC1CCSS1)OCc1ccncc1. The minimum atomic E-state index is -0.0923. The van der Waals surface area contributed by atoms with E-state index < -0.39 is 0 Å². The molecule has 5 heteroatoms. The van der Waals surface area contributed by atoms with Crippen LogP contribution in [0.1, 0.15) is 37.7 Å². The highest BCUT2D eigenvalue weighted by Gasteiger charge is 2.15. The van der Waals surface area contributed by atoms with Gasteiger partial charge in [0.05, 0.1) is 0 Å². The van der Waals surface area contributed by atoms with Crippen LogP contribution in [0.3, 0.4) is 0 Å². The summed E-state index contributed by atoms with van der Waals surface area (Å²) in [6.45, 7) is 0.358. The maximum absolute atomic E-state index is 11.6. The molecule has 0 spiro atoms. The summed E-state index contributed by atoms with van der Waals surface area (Å²) >= 11 is 0. The van der Waals surface area contributed by atoms with E-state index in [9.17, 15) is 4.79 Å². The van der Waals surface area contributed by atoms with Gasteiger partial charge in [-0.1, -0.05) is 28.0 Å². The summed E-state index contributed by atoms with van der Waals surface area (Å²) in [6.07, 6.45) is 8.58. The zero-order chi connectivity index (χ0) is 13.3. The molecule has 1 aromatic heterocycles. The smallest absolute Gasteiger partial charge is 0.306 e. The summed E-state index contributed by atoms with van der Waals surface area (Å²) in [5.74, 6) is 1.19. The third-order valence-electron chi connectivity index (χ3n) is 3.03. The Labute approximate surface area is 122 Å². The summed E-state index contributed by atoms with van der Waals surface area (Å²) in [6, 6.07) is 3.73. The molecule has 0 amide bonds. The molecular weight excluding hydrogens is 278 g/mol. The molecule has 2 rings (SSSR count). The van der Waals surface area contributed by atoms with Crippen molar-refractivity contribution in [1.82, 2.24) is 4.98 Å². The molecule has 3 nitrogen and oxygen atoms in total. The first kappa shape index (κ1) is 14.7. The van der Waals surface area contributed by atoms with Crippen molar-refractivity contribution in [2.24, 2.45) is 0 Å². The number of carbonyl (C=O) groups excluding carboxylic acids is 1. The number of pyridine rings is 1. The summed E-state index contributed by atoms with van der Waals surface area (Å²) in [5, 5.41) is 0.804. The highest BCUT2D eigenvalue weighted by atomic mass is 33.1. The number of carbonyl (C=O) groups is 1. The van der Waals surface area contributed by atoms with Gasteiger partial charge in [-0.15, -0.1) is 0 Å². The van der Waals surface area contributed by atoms with Gasteiger partial charge in [-0.25, -0.2) is 0 Å². The fourth-order valence-electron chi connectivity index (χ4n) is 1.92. The molecule has 0 N–H and O–H groups in total. The van der Waals surface area contributed by atoms with Gasteiger partial charge in [0.15, 0.2) is 0 Å². The summed E-state index contributed by atoms with van der Waals surface area (Å²) in [7, 11) is 3.98. The van der Waals surface area contributed by atoms with Crippen molar-refractivity contribution in [3.63, 3.8) is 0 Å². The lowest BCUT2D eigenvalue weighted by atomic mass is 10.1. The van der Waals surface area contributed by atoms with Crippen molar-refractivity contribution < 1.29 is 9.53 Å². The van der Waals surface area contributed by atoms with E-state index in [1.54, 1.807) is 12.4 Å². The van der Waals surface area contributed by atoms with E-state index in [1.807, 2.05) is 33.7 Å². The number of ether oxygens (including phenoxy) is 1. The van der Waals surface area contributed by atoms with Crippen molar-refractivity contribution in [1.29, 1.82) is 0 Å².